The van der Waals surface area contributed by atoms with E-state index in [0.29, 0.717) is 37.6 Å². The highest BCUT2D eigenvalue weighted by molar-refractivity contribution is 6.35. The predicted octanol–water partition coefficient (Wildman–Crippen LogP) is 0.876. The average molecular weight is 340 g/mol. The van der Waals surface area contributed by atoms with Gasteiger partial charge >= 0.3 is 11.8 Å². The molecule has 2 amide bonds. The summed E-state index contributed by atoms with van der Waals surface area (Å²) in [5.74, 6) is -1.19. The topological polar surface area (TPSA) is 72.9 Å². The molecule has 1 aromatic carbocycles. The molecule has 6 nitrogen and oxygen atoms in total. The van der Waals surface area contributed by atoms with Crippen molar-refractivity contribution in [3.8, 4) is 0 Å². The van der Waals surface area contributed by atoms with E-state index in [1.54, 1.807) is 4.90 Å². The molecule has 1 fully saturated rings. The predicted molar refractivity (Wildman–Crippen MR) is 89.6 cm³/mol. The van der Waals surface area contributed by atoms with E-state index in [4.69, 9.17) is 16.7 Å². The molecule has 1 unspecified atom stereocenters. The van der Waals surface area contributed by atoms with Crippen molar-refractivity contribution in [2.45, 2.75) is 19.4 Å². The molecule has 1 saturated heterocycles. The highest BCUT2D eigenvalue weighted by Gasteiger charge is 2.27. The third-order valence-electron chi connectivity index (χ3n) is 3.98. The van der Waals surface area contributed by atoms with Gasteiger partial charge in [-0.2, -0.15) is 0 Å². The summed E-state index contributed by atoms with van der Waals surface area (Å²) in [5, 5.41) is 12.3. The minimum absolute atomic E-state index is 0.169. The number of aliphatic hydroxyl groups excluding tert-OH is 1. The molecule has 1 heterocycles. The van der Waals surface area contributed by atoms with E-state index in [-0.39, 0.29) is 12.6 Å². The monoisotopic (exact) mass is 339 g/mol. The minimum Gasteiger partial charge on any atom is -0.394 e. The van der Waals surface area contributed by atoms with E-state index in [2.05, 4.69) is 10.2 Å². The Morgan fingerprint density at radius 3 is 2.57 bits per heavy atom. The summed E-state index contributed by atoms with van der Waals surface area (Å²) in [6, 6.07) is 7.20. The third kappa shape index (κ3) is 4.59. The van der Waals surface area contributed by atoms with Gasteiger partial charge in [0.05, 0.1) is 12.6 Å². The zero-order valence-corrected chi connectivity index (χ0v) is 13.9. The van der Waals surface area contributed by atoms with Crippen LogP contribution in [0.4, 0.5) is 5.69 Å². The lowest BCUT2D eigenvalue weighted by Gasteiger charge is -2.36. The molecule has 0 bridgehead atoms. The van der Waals surface area contributed by atoms with Crippen LogP contribution in [0.25, 0.3) is 0 Å². The first-order valence-corrected chi connectivity index (χ1v) is 8.14. The number of halogens is 1. The van der Waals surface area contributed by atoms with Gasteiger partial charge < -0.3 is 20.2 Å². The van der Waals surface area contributed by atoms with Crippen molar-refractivity contribution in [3.05, 3.63) is 29.3 Å². The Morgan fingerprint density at radius 2 is 2.00 bits per heavy atom. The number of carbonyl (C=O) groups is 2. The summed E-state index contributed by atoms with van der Waals surface area (Å²) in [5.41, 5.74) is 1.01. The van der Waals surface area contributed by atoms with Crippen molar-refractivity contribution in [1.82, 2.24) is 10.2 Å². The van der Waals surface area contributed by atoms with Crippen molar-refractivity contribution in [3.63, 3.8) is 0 Å². The molecule has 0 saturated carbocycles. The Balaban J connectivity index is 1.88. The second-order valence-corrected chi connectivity index (χ2v) is 5.96. The Hall–Kier alpha value is -1.79. The van der Waals surface area contributed by atoms with E-state index in [1.807, 2.05) is 31.2 Å². The molecule has 126 valence electrons. The second kappa shape index (κ2) is 8.17. The van der Waals surface area contributed by atoms with Crippen LogP contribution in [-0.4, -0.2) is 60.6 Å². The van der Waals surface area contributed by atoms with Crippen LogP contribution in [0.5, 0.6) is 0 Å². The van der Waals surface area contributed by atoms with Crippen LogP contribution >= 0.6 is 11.6 Å². The lowest BCUT2D eigenvalue weighted by Crippen LogP contribution is -2.54. The molecule has 0 aliphatic carbocycles. The number of carbonyl (C=O) groups excluding carboxylic acids is 2. The summed E-state index contributed by atoms with van der Waals surface area (Å²) in [4.78, 5) is 27.8. The van der Waals surface area contributed by atoms with Gasteiger partial charge in [-0.1, -0.05) is 24.6 Å². The number of piperazine rings is 1. The van der Waals surface area contributed by atoms with Crippen molar-refractivity contribution in [1.29, 1.82) is 0 Å². The normalized spacial score (nSPS) is 16.1. The molecule has 1 aromatic rings. The summed E-state index contributed by atoms with van der Waals surface area (Å²) in [7, 11) is 0. The number of amides is 2. The van der Waals surface area contributed by atoms with Gasteiger partial charge in [-0.15, -0.1) is 0 Å². The number of anilines is 1. The maximum Gasteiger partial charge on any atom is 0.312 e. The summed E-state index contributed by atoms with van der Waals surface area (Å²) < 4.78 is 0. The molecular formula is C16H22ClN3O3. The minimum atomic E-state index is -0.651. The van der Waals surface area contributed by atoms with Gasteiger partial charge in [-0.3, -0.25) is 9.59 Å². The van der Waals surface area contributed by atoms with Gasteiger partial charge in [0.25, 0.3) is 0 Å². The number of aliphatic hydroxyl groups is 1. The quantitative estimate of drug-likeness (QED) is 0.799. The zero-order chi connectivity index (χ0) is 16.8. The SMILES string of the molecule is CCC(CO)NC(=O)C(=O)N1CCN(c2cccc(Cl)c2)CC1. The second-order valence-electron chi connectivity index (χ2n) is 5.52. The van der Waals surface area contributed by atoms with Crippen LogP contribution in [0.15, 0.2) is 24.3 Å². The molecule has 0 spiro atoms. The van der Waals surface area contributed by atoms with Gasteiger partial charge in [-0.25, -0.2) is 0 Å². The molecule has 1 atom stereocenters. The third-order valence-corrected chi connectivity index (χ3v) is 4.22. The van der Waals surface area contributed by atoms with E-state index in [0.717, 1.165) is 5.69 Å². The van der Waals surface area contributed by atoms with Gasteiger partial charge in [0.1, 0.15) is 0 Å². The number of benzene rings is 1. The van der Waals surface area contributed by atoms with E-state index >= 15 is 0 Å². The Morgan fingerprint density at radius 1 is 1.30 bits per heavy atom. The fraction of sp³-hybridized carbons (Fsp3) is 0.500. The number of nitrogens with one attached hydrogen (secondary N) is 1. The Bertz CT molecular complexity index is 555. The fourth-order valence-corrected chi connectivity index (χ4v) is 2.69. The molecule has 0 radical (unpaired) electrons. The van der Waals surface area contributed by atoms with Crippen molar-refractivity contribution < 1.29 is 14.7 Å². The Labute approximate surface area is 141 Å². The first-order chi connectivity index (χ1) is 11.0. The number of nitrogens with zero attached hydrogens (tertiary/aromatic N) is 2. The van der Waals surface area contributed by atoms with E-state index < -0.39 is 11.8 Å². The molecule has 1 aliphatic heterocycles. The fourth-order valence-electron chi connectivity index (χ4n) is 2.51. The first kappa shape index (κ1) is 17.6. The van der Waals surface area contributed by atoms with E-state index in [1.165, 1.54) is 0 Å². The van der Waals surface area contributed by atoms with Gasteiger partial charge in [-0.05, 0) is 24.6 Å². The van der Waals surface area contributed by atoms with Crippen LogP contribution in [0.1, 0.15) is 13.3 Å². The zero-order valence-electron chi connectivity index (χ0n) is 13.2. The molecule has 1 aliphatic rings. The average Bonchev–Trinajstić information content (AvgIpc) is 2.59. The number of hydrogen-bond donors (Lipinski definition) is 2. The smallest absolute Gasteiger partial charge is 0.312 e. The Kier molecular flexibility index (Phi) is 6.24. The van der Waals surface area contributed by atoms with Gasteiger partial charge in [0, 0.05) is 36.9 Å². The van der Waals surface area contributed by atoms with Crippen LogP contribution in [0.3, 0.4) is 0 Å². The molecule has 0 aromatic heterocycles. The maximum atomic E-state index is 12.2. The molecular weight excluding hydrogens is 318 g/mol. The van der Waals surface area contributed by atoms with Crippen LogP contribution in [0, 0.1) is 0 Å². The number of rotatable bonds is 4. The lowest BCUT2D eigenvalue weighted by molar-refractivity contribution is -0.146. The van der Waals surface area contributed by atoms with Gasteiger partial charge in [0.15, 0.2) is 0 Å². The first-order valence-electron chi connectivity index (χ1n) is 7.76. The standard InChI is InChI=1S/C16H22ClN3O3/c1-2-13(11-21)18-15(22)16(23)20-8-6-19(7-9-20)14-5-3-4-12(17)10-14/h3-5,10,13,21H,2,6-9,11H2,1H3,(H,18,22). The largest absolute Gasteiger partial charge is 0.394 e. The van der Waals surface area contributed by atoms with E-state index in [9.17, 15) is 9.59 Å². The molecule has 23 heavy (non-hydrogen) atoms. The van der Waals surface area contributed by atoms with Crippen LogP contribution in [-0.2, 0) is 9.59 Å². The molecule has 2 N–H and O–H groups in total. The van der Waals surface area contributed by atoms with Crippen molar-refractivity contribution in [2.75, 3.05) is 37.7 Å². The number of hydrogen-bond acceptors (Lipinski definition) is 4. The van der Waals surface area contributed by atoms with Crippen molar-refractivity contribution >= 4 is 29.1 Å². The lowest BCUT2D eigenvalue weighted by atomic mass is 10.2. The van der Waals surface area contributed by atoms with Crippen LogP contribution in [0.2, 0.25) is 5.02 Å². The van der Waals surface area contributed by atoms with Crippen molar-refractivity contribution in [2.24, 2.45) is 0 Å². The molecule has 2 rings (SSSR count). The summed E-state index contributed by atoms with van der Waals surface area (Å²) in [6.07, 6.45) is 0.581. The summed E-state index contributed by atoms with van der Waals surface area (Å²) >= 11 is 6.00. The maximum absolute atomic E-state index is 12.2. The van der Waals surface area contributed by atoms with Crippen LogP contribution < -0.4 is 10.2 Å². The van der Waals surface area contributed by atoms with Gasteiger partial charge in [0.2, 0.25) is 0 Å². The highest BCUT2D eigenvalue weighted by atomic mass is 35.5. The highest BCUT2D eigenvalue weighted by Crippen LogP contribution is 2.20. The molecule has 7 heteroatoms. The summed E-state index contributed by atoms with van der Waals surface area (Å²) in [6.45, 7) is 3.93.